The minimum Gasteiger partial charge on any atom is -0.387 e. The number of aliphatic hydroxyl groups is 1. The fourth-order valence-corrected chi connectivity index (χ4v) is 2.25. The molecule has 102 valence electrons. The Hall–Kier alpha value is -1.59. The predicted molar refractivity (Wildman–Crippen MR) is 71.0 cm³/mol. The van der Waals surface area contributed by atoms with E-state index in [9.17, 15) is 9.59 Å². The van der Waals surface area contributed by atoms with E-state index in [1.165, 1.54) is 0 Å². The molecule has 1 aliphatic heterocycles. The molecule has 0 unspecified atom stereocenters. The Balaban J connectivity index is 1.98. The summed E-state index contributed by atoms with van der Waals surface area (Å²) in [6, 6.07) is 6.81. The molecular weight excluding hydrogens is 268 g/mol. The molecule has 6 heteroatoms. The molecular formula is C13H15ClN2O3. The monoisotopic (exact) mass is 282 g/mol. The number of amides is 2. The van der Waals surface area contributed by atoms with Crippen molar-refractivity contribution >= 4 is 23.4 Å². The number of benzene rings is 1. The highest BCUT2D eigenvalue weighted by atomic mass is 35.5. The van der Waals surface area contributed by atoms with Gasteiger partial charge in [0.15, 0.2) is 0 Å². The first-order valence-corrected chi connectivity index (χ1v) is 6.43. The van der Waals surface area contributed by atoms with Crippen molar-refractivity contribution in [3.05, 3.63) is 34.9 Å². The Morgan fingerprint density at radius 1 is 1.16 bits per heavy atom. The Morgan fingerprint density at radius 2 is 1.79 bits per heavy atom. The first-order valence-electron chi connectivity index (χ1n) is 6.05. The van der Waals surface area contributed by atoms with Gasteiger partial charge in [0.1, 0.15) is 6.61 Å². The third-order valence-corrected chi connectivity index (χ3v) is 3.36. The van der Waals surface area contributed by atoms with Crippen molar-refractivity contribution in [3.8, 4) is 0 Å². The molecule has 0 spiro atoms. The molecule has 1 heterocycles. The molecule has 0 bridgehead atoms. The van der Waals surface area contributed by atoms with Crippen molar-refractivity contribution in [2.75, 3.05) is 32.8 Å². The van der Waals surface area contributed by atoms with Gasteiger partial charge in [0.2, 0.25) is 5.91 Å². The highest BCUT2D eigenvalue weighted by Gasteiger charge is 2.24. The molecule has 1 aliphatic rings. The summed E-state index contributed by atoms with van der Waals surface area (Å²) in [4.78, 5) is 26.8. The van der Waals surface area contributed by atoms with E-state index in [2.05, 4.69) is 0 Å². The maximum atomic E-state index is 12.2. The lowest BCUT2D eigenvalue weighted by Gasteiger charge is -2.34. The number of rotatable bonds is 2. The van der Waals surface area contributed by atoms with Crippen LogP contribution in [0, 0.1) is 0 Å². The van der Waals surface area contributed by atoms with Gasteiger partial charge >= 0.3 is 0 Å². The van der Waals surface area contributed by atoms with Gasteiger partial charge in [0.25, 0.3) is 5.91 Å². The Bertz CT molecular complexity index is 485. The molecule has 1 saturated heterocycles. The number of aliphatic hydroxyl groups excluding tert-OH is 1. The van der Waals surface area contributed by atoms with E-state index in [-0.39, 0.29) is 11.8 Å². The minimum absolute atomic E-state index is 0.0846. The van der Waals surface area contributed by atoms with Gasteiger partial charge in [-0.2, -0.15) is 0 Å². The maximum Gasteiger partial charge on any atom is 0.254 e. The maximum absolute atomic E-state index is 12.2. The lowest BCUT2D eigenvalue weighted by atomic mass is 10.2. The summed E-state index contributed by atoms with van der Waals surface area (Å²) in [6.45, 7) is 1.35. The van der Waals surface area contributed by atoms with E-state index in [0.717, 1.165) is 0 Å². The lowest BCUT2D eigenvalue weighted by Crippen LogP contribution is -2.51. The summed E-state index contributed by atoms with van der Waals surface area (Å²) in [5, 5.41) is 9.31. The number of nitrogens with zero attached hydrogens (tertiary/aromatic N) is 2. The van der Waals surface area contributed by atoms with Crippen LogP contribution >= 0.6 is 11.6 Å². The number of hydrogen-bond acceptors (Lipinski definition) is 3. The summed E-state index contributed by atoms with van der Waals surface area (Å²) < 4.78 is 0. The highest BCUT2D eigenvalue weighted by Crippen LogP contribution is 2.14. The Morgan fingerprint density at radius 3 is 2.37 bits per heavy atom. The summed E-state index contributed by atoms with van der Waals surface area (Å²) in [5.74, 6) is -0.381. The van der Waals surface area contributed by atoms with Crippen molar-refractivity contribution in [2.45, 2.75) is 0 Å². The molecule has 0 saturated carbocycles. The van der Waals surface area contributed by atoms with Crippen LogP contribution in [-0.4, -0.2) is 59.5 Å². The predicted octanol–water partition coefficient (Wildman–Crippen LogP) is 0.617. The molecule has 0 aromatic heterocycles. The summed E-state index contributed by atoms with van der Waals surface area (Å²) in [5.41, 5.74) is 0.550. The van der Waals surface area contributed by atoms with Crippen LogP contribution in [0.3, 0.4) is 0 Å². The van der Waals surface area contributed by atoms with E-state index >= 15 is 0 Å². The van der Waals surface area contributed by atoms with Gasteiger partial charge in [-0.15, -0.1) is 0 Å². The van der Waals surface area contributed by atoms with Gasteiger partial charge in [-0.3, -0.25) is 9.59 Å². The van der Waals surface area contributed by atoms with Gasteiger partial charge < -0.3 is 14.9 Å². The van der Waals surface area contributed by atoms with Crippen LogP contribution in [0.15, 0.2) is 24.3 Å². The first kappa shape index (κ1) is 13.8. The van der Waals surface area contributed by atoms with Crippen LogP contribution in [0.2, 0.25) is 5.02 Å². The van der Waals surface area contributed by atoms with Gasteiger partial charge in [-0.1, -0.05) is 17.7 Å². The molecule has 5 nitrogen and oxygen atoms in total. The van der Waals surface area contributed by atoms with E-state index in [4.69, 9.17) is 16.7 Å². The van der Waals surface area contributed by atoms with Crippen LogP contribution in [0.4, 0.5) is 0 Å². The average molecular weight is 283 g/mol. The number of piperazine rings is 1. The second-order valence-corrected chi connectivity index (χ2v) is 4.78. The molecule has 19 heavy (non-hydrogen) atoms. The van der Waals surface area contributed by atoms with Crippen molar-refractivity contribution in [1.82, 2.24) is 9.80 Å². The van der Waals surface area contributed by atoms with Crippen molar-refractivity contribution in [1.29, 1.82) is 0 Å². The Labute approximate surface area is 116 Å². The van der Waals surface area contributed by atoms with Crippen LogP contribution in [0.1, 0.15) is 10.4 Å². The van der Waals surface area contributed by atoms with E-state index < -0.39 is 6.61 Å². The molecule has 1 N–H and O–H groups in total. The normalized spacial score (nSPS) is 15.5. The van der Waals surface area contributed by atoms with Crippen molar-refractivity contribution in [2.24, 2.45) is 0 Å². The molecule has 0 atom stereocenters. The number of hydrogen-bond donors (Lipinski definition) is 1. The van der Waals surface area contributed by atoms with E-state index in [1.807, 2.05) is 0 Å². The van der Waals surface area contributed by atoms with E-state index in [1.54, 1.807) is 34.1 Å². The standard InChI is InChI=1S/C13H15ClN2O3/c14-11-3-1-2-10(8-11)13(19)16-6-4-15(5-7-16)12(18)9-17/h1-3,8,17H,4-7,9H2. The zero-order chi connectivity index (χ0) is 13.8. The number of carbonyl (C=O) groups excluding carboxylic acids is 2. The Kier molecular flexibility index (Phi) is 4.39. The molecule has 1 fully saturated rings. The van der Waals surface area contributed by atoms with Crippen molar-refractivity contribution < 1.29 is 14.7 Å². The third kappa shape index (κ3) is 3.24. The number of carbonyl (C=O) groups is 2. The van der Waals surface area contributed by atoms with Crippen LogP contribution in [-0.2, 0) is 4.79 Å². The third-order valence-electron chi connectivity index (χ3n) is 3.13. The smallest absolute Gasteiger partial charge is 0.254 e. The second-order valence-electron chi connectivity index (χ2n) is 4.34. The summed E-state index contributed by atoms with van der Waals surface area (Å²) in [7, 11) is 0. The largest absolute Gasteiger partial charge is 0.387 e. The quantitative estimate of drug-likeness (QED) is 0.865. The van der Waals surface area contributed by atoms with Crippen LogP contribution < -0.4 is 0 Å². The second kappa shape index (κ2) is 6.04. The summed E-state index contributed by atoms with van der Waals surface area (Å²) >= 11 is 5.86. The highest BCUT2D eigenvalue weighted by molar-refractivity contribution is 6.30. The van der Waals surface area contributed by atoms with E-state index in [0.29, 0.717) is 36.8 Å². The van der Waals surface area contributed by atoms with Gasteiger partial charge in [-0.05, 0) is 18.2 Å². The zero-order valence-corrected chi connectivity index (χ0v) is 11.1. The van der Waals surface area contributed by atoms with Crippen LogP contribution in [0.5, 0.6) is 0 Å². The first-order chi connectivity index (χ1) is 9.11. The topological polar surface area (TPSA) is 60.9 Å². The fraction of sp³-hybridized carbons (Fsp3) is 0.385. The molecule has 1 aromatic carbocycles. The molecule has 0 radical (unpaired) electrons. The lowest BCUT2D eigenvalue weighted by molar-refractivity contribution is -0.135. The fourth-order valence-electron chi connectivity index (χ4n) is 2.06. The molecule has 0 aliphatic carbocycles. The molecule has 2 amide bonds. The number of halogens is 1. The van der Waals surface area contributed by atoms with Crippen LogP contribution in [0.25, 0.3) is 0 Å². The average Bonchev–Trinajstić information content (AvgIpc) is 2.46. The SMILES string of the molecule is O=C(CO)N1CCN(C(=O)c2cccc(Cl)c2)CC1. The molecule has 2 rings (SSSR count). The summed E-state index contributed by atoms with van der Waals surface area (Å²) in [6.07, 6.45) is 0. The van der Waals surface area contributed by atoms with Gasteiger partial charge in [-0.25, -0.2) is 0 Å². The molecule has 1 aromatic rings. The van der Waals surface area contributed by atoms with Gasteiger partial charge in [0.05, 0.1) is 0 Å². The van der Waals surface area contributed by atoms with Gasteiger partial charge in [0, 0.05) is 36.8 Å². The minimum atomic E-state index is -0.484. The van der Waals surface area contributed by atoms with Crippen molar-refractivity contribution in [3.63, 3.8) is 0 Å². The zero-order valence-electron chi connectivity index (χ0n) is 10.4.